The lowest BCUT2D eigenvalue weighted by Crippen LogP contribution is -2.57. The molecule has 0 unspecified atom stereocenters. The van der Waals surface area contributed by atoms with E-state index in [4.69, 9.17) is 4.74 Å². The normalized spacial score (nSPS) is 21.7. The third kappa shape index (κ3) is 9.31. The van der Waals surface area contributed by atoms with Gasteiger partial charge in [-0.05, 0) is 52.0 Å². The van der Waals surface area contributed by atoms with Crippen molar-refractivity contribution in [2.75, 3.05) is 30.5 Å². The van der Waals surface area contributed by atoms with Crippen LogP contribution in [0.4, 0.5) is 4.79 Å². The first-order valence-corrected chi connectivity index (χ1v) is 17.0. The summed E-state index contributed by atoms with van der Waals surface area (Å²) in [6, 6.07) is 9.50. The fourth-order valence-electron chi connectivity index (χ4n) is 5.45. The van der Waals surface area contributed by atoms with Crippen LogP contribution < -0.4 is 10.6 Å². The zero-order valence-corrected chi connectivity index (χ0v) is 25.9. The maximum atomic E-state index is 13.8. The summed E-state index contributed by atoms with van der Waals surface area (Å²) in [6.07, 6.45) is 7.38. The van der Waals surface area contributed by atoms with Gasteiger partial charge in [0.2, 0.25) is 11.8 Å². The van der Waals surface area contributed by atoms with Gasteiger partial charge in [-0.25, -0.2) is 4.79 Å². The summed E-state index contributed by atoms with van der Waals surface area (Å²) in [5.41, 5.74) is 0.622. The van der Waals surface area contributed by atoms with Gasteiger partial charge in [0, 0.05) is 42.4 Å². The molecule has 1 aliphatic carbocycles. The predicted octanol–water partition coefficient (Wildman–Crippen LogP) is 4.63. The van der Waals surface area contributed by atoms with E-state index in [0.29, 0.717) is 41.8 Å². The number of amides is 3. The third-order valence-electron chi connectivity index (χ3n) is 7.72. The number of hydrogen-bond donors (Lipinski definition) is 2. The molecule has 3 amide bonds. The first-order chi connectivity index (χ1) is 19.2. The molecular formula is C30H46N4O4S2. The smallest absolute Gasteiger partial charge is 0.411 e. The number of carbonyl (C=O) groups excluding carboxylic acids is 3. The Kier molecular flexibility index (Phi) is 11.5. The summed E-state index contributed by atoms with van der Waals surface area (Å²) in [6.45, 7) is 7.64. The van der Waals surface area contributed by atoms with E-state index in [0.717, 1.165) is 19.4 Å². The highest BCUT2D eigenvalue weighted by Gasteiger charge is 2.39. The Labute approximate surface area is 248 Å². The molecule has 2 atom stereocenters. The number of rotatable bonds is 9. The zero-order chi connectivity index (χ0) is 28.5. The van der Waals surface area contributed by atoms with Crippen molar-refractivity contribution in [1.29, 1.82) is 0 Å². The molecule has 2 saturated heterocycles. The fraction of sp³-hybridized carbons (Fsp3) is 0.700. The first kappa shape index (κ1) is 31.0. The molecule has 3 aliphatic rings. The Morgan fingerprint density at radius 1 is 1.05 bits per heavy atom. The fourth-order valence-corrected chi connectivity index (χ4v) is 7.95. The molecule has 0 bridgehead atoms. The number of likely N-dealkylation sites (tertiary alicyclic amines) is 1. The number of carbonyl (C=O) groups is 3. The van der Waals surface area contributed by atoms with Crippen LogP contribution in [0.2, 0.25) is 0 Å². The van der Waals surface area contributed by atoms with Gasteiger partial charge >= 0.3 is 6.09 Å². The number of hydrogen-bond acceptors (Lipinski definition) is 7. The van der Waals surface area contributed by atoms with Crippen LogP contribution in [-0.2, 0) is 20.9 Å². The molecule has 1 saturated carbocycles. The van der Waals surface area contributed by atoms with E-state index in [9.17, 15) is 14.4 Å². The van der Waals surface area contributed by atoms with Gasteiger partial charge in [-0.3, -0.25) is 14.5 Å². The first-order valence-electron chi connectivity index (χ1n) is 14.7. The van der Waals surface area contributed by atoms with Gasteiger partial charge in [0.05, 0.1) is 5.88 Å². The number of thioether (sulfide) groups is 2. The van der Waals surface area contributed by atoms with E-state index in [1.165, 1.54) is 54.3 Å². The molecule has 8 nitrogen and oxygen atoms in total. The summed E-state index contributed by atoms with van der Waals surface area (Å²) in [5, 5.41) is 7.24. The second-order valence-electron chi connectivity index (χ2n) is 12.1. The van der Waals surface area contributed by atoms with Crippen molar-refractivity contribution in [2.24, 2.45) is 0 Å². The molecule has 1 aromatic carbocycles. The summed E-state index contributed by atoms with van der Waals surface area (Å²) < 4.78 is 5.54. The lowest BCUT2D eigenvalue weighted by Gasteiger charge is -2.35. The molecule has 0 aromatic heterocycles. The third-order valence-corrected chi connectivity index (χ3v) is 10.2. The SMILES string of the molecule is CC(C)(C)OC(=O)N1CSC[C@H]1C(=O)N[C@@H](CSC1CCCCC1)C(=O)N1CCC(NCc2ccccc2)CC1. The topological polar surface area (TPSA) is 91.0 Å². The van der Waals surface area contributed by atoms with Gasteiger partial charge in [0.25, 0.3) is 0 Å². The largest absolute Gasteiger partial charge is 0.444 e. The zero-order valence-electron chi connectivity index (χ0n) is 24.2. The highest BCUT2D eigenvalue weighted by Crippen LogP contribution is 2.29. The Morgan fingerprint density at radius 3 is 2.42 bits per heavy atom. The van der Waals surface area contributed by atoms with Crippen LogP contribution >= 0.6 is 23.5 Å². The van der Waals surface area contributed by atoms with Gasteiger partial charge in [-0.1, -0.05) is 49.6 Å². The Bertz CT molecular complexity index is 976. The minimum absolute atomic E-state index is 0.00682. The number of ether oxygens (including phenoxy) is 1. The Hall–Kier alpha value is -1.91. The van der Waals surface area contributed by atoms with Crippen molar-refractivity contribution in [3.05, 3.63) is 35.9 Å². The molecule has 0 radical (unpaired) electrons. The van der Waals surface area contributed by atoms with Crippen molar-refractivity contribution >= 4 is 41.4 Å². The standard InChI is InChI=1S/C30H46N4O4S2/c1-30(2,3)38-29(37)34-21-39-20-26(34)27(35)32-25(19-40-24-12-8-5-9-13-24)28(36)33-16-14-23(15-17-33)31-18-22-10-6-4-7-11-22/h4,6-7,10-11,23-26,31H,5,8-9,12-21H2,1-3H3,(H,32,35)/t25-,26-/m0/s1. The summed E-state index contributed by atoms with van der Waals surface area (Å²) in [5.74, 6) is 1.20. The number of piperidine rings is 1. The van der Waals surface area contributed by atoms with E-state index in [2.05, 4.69) is 34.9 Å². The van der Waals surface area contributed by atoms with Gasteiger partial charge < -0.3 is 20.3 Å². The predicted molar refractivity (Wildman–Crippen MR) is 163 cm³/mol. The molecular weight excluding hydrogens is 544 g/mol. The maximum absolute atomic E-state index is 13.8. The van der Waals surface area contributed by atoms with Crippen LogP contribution in [0.25, 0.3) is 0 Å². The van der Waals surface area contributed by atoms with Crippen LogP contribution in [0.3, 0.4) is 0 Å². The van der Waals surface area contributed by atoms with E-state index >= 15 is 0 Å². The van der Waals surface area contributed by atoms with Crippen molar-refractivity contribution < 1.29 is 19.1 Å². The molecule has 2 heterocycles. The second kappa shape index (κ2) is 14.8. The molecule has 1 aromatic rings. The quantitative estimate of drug-likeness (QED) is 0.434. The number of benzene rings is 1. The van der Waals surface area contributed by atoms with E-state index in [1.807, 2.05) is 43.5 Å². The highest BCUT2D eigenvalue weighted by atomic mass is 32.2. The van der Waals surface area contributed by atoms with E-state index in [-0.39, 0.29) is 11.8 Å². The average molecular weight is 591 g/mol. The number of nitrogens with zero attached hydrogens (tertiary/aromatic N) is 2. The molecule has 40 heavy (non-hydrogen) atoms. The van der Waals surface area contributed by atoms with Crippen LogP contribution in [0, 0.1) is 0 Å². The van der Waals surface area contributed by atoms with Crippen molar-refractivity contribution in [3.8, 4) is 0 Å². The Balaban J connectivity index is 1.35. The van der Waals surface area contributed by atoms with Crippen molar-refractivity contribution in [3.63, 3.8) is 0 Å². The van der Waals surface area contributed by atoms with Crippen LogP contribution in [0.15, 0.2) is 30.3 Å². The Morgan fingerprint density at radius 2 is 1.75 bits per heavy atom. The number of nitrogens with one attached hydrogen (secondary N) is 2. The maximum Gasteiger partial charge on any atom is 0.411 e. The summed E-state index contributed by atoms with van der Waals surface area (Å²) in [4.78, 5) is 43.4. The van der Waals surface area contributed by atoms with Crippen LogP contribution in [0.1, 0.15) is 71.3 Å². The molecule has 0 spiro atoms. The molecule has 4 rings (SSSR count). The lowest BCUT2D eigenvalue weighted by molar-refractivity contribution is -0.137. The van der Waals surface area contributed by atoms with E-state index in [1.54, 1.807) is 0 Å². The van der Waals surface area contributed by atoms with Crippen molar-refractivity contribution in [1.82, 2.24) is 20.4 Å². The summed E-state index contributed by atoms with van der Waals surface area (Å²) in [7, 11) is 0. The van der Waals surface area contributed by atoms with Gasteiger partial charge in [0.1, 0.15) is 17.7 Å². The molecule has 2 N–H and O–H groups in total. The average Bonchev–Trinajstić information content (AvgIpc) is 3.45. The molecule has 2 aliphatic heterocycles. The van der Waals surface area contributed by atoms with Crippen LogP contribution in [-0.4, -0.2) is 87.2 Å². The summed E-state index contributed by atoms with van der Waals surface area (Å²) >= 11 is 3.35. The minimum Gasteiger partial charge on any atom is -0.444 e. The van der Waals surface area contributed by atoms with Gasteiger partial charge in [0.15, 0.2) is 0 Å². The monoisotopic (exact) mass is 590 g/mol. The lowest BCUT2D eigenvalue weighted by atomic mass is 10.0. The van der Waals surface area contributed by atoms with Gasteiger partial charge in [-0.2, -0.15) is 11.8 Å². The molecule has 222 valence electrons. The second-order valence-corrected chi connectivity index (χ2v) is 14.4. The van der Waals surface area contributed by atoms with E-state index < -0.39 is 23.8 Å². The van der Waals surface area contributed by atoms with Gasteiger partial charge in [-0.15, -0.1) is 11.8 Å². The molecule has 10 heteroatoms. The van der Waals surface area contributed by atoms with Crippen molar-refractivity contribution in [2.45, 2.75) is 101 Å². The highest BCUT2D eigenvalue weighted by molar-refractivity contribution is 8.00. The molecule has 3 fully saturated rings. The minimum atomic E-state index is -0.636. The van der Waals surface area contributed by atoms with Crippen LogP contribution in [0.5, 0.6) is 0 Å².